The van der Waals surface area contributed by atoms with Gasteiger partial charge in [-0.25, -0.2) is 4.98 Å². The predicted molar refractivity (Wildman–Crippen MR) is 93.7 cm³/mol. The van der Waals surface area contributed by atoms with Gasteiger partial charge in [-0.05, 0) is 50.5 Å². The fraction of sp³-hybridized carbons (Fsp3) is 0.412. The molecule has 0 saturated heterocycles. The van der Waals surface area contributed by atoms with E-state index in [0.29, 0.717) is 0 Å². The van der Waals surface area contributed by atoms with E-state index in [1.807, 2.05) is 18.4 Å². The Morgan fingerprint density at radius 3 is 3.05 bits per heavy atom. The maximum atomic E-state index is 12.3. The van der Waals surface area contributed by atoms with Crippen LogP contribution in [0.25, 0.3) is 10.6 Å². The van der Waals surface area contributed by atoms with E-state index in [0.717, 1.165) is 34.1 Å². The molecule has 1 N–H and O–H groups in total. The monoisotopic (exact) mass is 332 g/mol. The molecule has 3 rings (SSSR count). The molecule has 0 saturated carbocycles. The first-order valence-corrected chi connectivity index (χ1v) is 9.46. The van der Waals surface area contributed by atoms with Crippen LogP contribution in [0.5, 0.6) is 0 Å². The molecular formula is C17H20N2OS2. The molecule has 1 aliphatic carbocycles. The van der Waals surface area contributed by atoms with Gasteiger partial charge in [-0.3, -0.25) is 4.79 Å². The van der Waals surface area contributed by atoms with E-state index in [2.05, 4.69) is 21.8 Å². The first kappa shape index (κ1) is 15.4. The number of nitrogens with zero attached hydrogens (tertiary/aromatic N) is 1. The number of carbonyl (C=O) groups is 1. The molecule has 2 aromatic rings. The van der Waals surface area contributed by atoms with Crippen LogP contribution in [0.15, 0.2) is 28.5 Å². The molecule has 2 aromatic heterocycles. The number of aromatic nitrogens is 1. The lowest BCUT2D eigenvalue weighted by atomic mass is 9.97. The summed E-state index contributed by atoms with van der Waals surface area (Å²) in [6.45, 7) is 2.63. The third-order valence-corrected chi connectivity index (χ3v) is 5.78. The highest BCUT2D eigenvalue weighted by Gasteiger charge is 2.16. The summed E-state index contributed by atoms with van der Waals surface area (Å²) in [7, 11) is 0. The summed E-state index contributed by atoms with van der Waals surface area (Å²) in [5, 5.41) is 8.06. The number of thiazole rings is 1. The largest absolute Gasteiger partial charge is 0.351 e. The highest BCUT2D eigenvalue weighted by molar-refractivity contribution is 7.17. The Morgan fingerprint density at radius 2 is 2.32 bits per heavy atom. The standard InChI is InChI=1S/C17H20N2OS2/c1-12-15(22-17(19-12)14-8-10-21-11-14)16(20)18-9-7-13-5-3-2-4-6-13/h5,8,10-11H,2-4,6-7,9H2,1H3,(H,18,20). The van der Waals surface area contributed by atoms with Crippen LogP contribution in [-0.4, -0.2) is 17.4 Å². The number of hydrogen-bond acceptors (Lipinski definition) is 4. The van der Waals surface area contributed by atoms with E-state index in [1.54, 1.807) is 11.3 Å². The van der Waals surface area contributed by atoms with E-state index >= 15 is 0 Å². The van der Waals surface area contributed by atoms with Gasteiger partial charge >= 0.3 is 0 Å². The molecule has 1 aliphatic rings. The fourth-order valence-electron chi connectivity index (χ4n) is 2.67. The summed E-state index contributed by atoms with van der Waals surface area (Å²) >= 11 is 3.13. The minimum Gasteiger partial charge on any atom is -0.351 e. The number of amides is 1. The number of aryl methyl sites for hydroxylation is 1. The molecule has 3 nitrogen and oxygen atoms in total. The molecule has 0 bridgehead atoms. The molecule has 0 radical (unpaired) electrons. The minimum absolute atomic E-state index is 0.00730. The van der Waals surface area contributed by atoms with E-state index < -0.39 is 0 Å². The van der Waals surface area contributed by atoms with Gasteiger partial charge in [0.05, 0.1) is 5.69 Å². The average Bonchev–Trinajstić information content (AvgIpc) is 3.17. The van der Waals surface area contributed by atoms with Crippen LogP contribution < -0.4 is 5.32 Å². The Labute approximate surface area is 139 Å². The van der Waals surface area contributed by atoms with Crippen molar-refractivity contribution >= 4 is 28.6 Å². The van der Waals surface area contributed by atoms with Crippen LogP contribution >= 0.6 is 22.7 Å². The van der Waals surface area contributed by atoms with Gasteiger partial charge in [0.2, 0.25) is 0 Å². The van der Waals surface area contributed by atoms with Crippen LogP contribution in [0.2, 0.25) is 0 Å². The molecule has 0 unspecified atom stereocenters. The lowest BCUT2D eigenvalue weighted by Gasteiger charge is -2.12. The van der Waals surface area contributed by atoms with Crippen molar-refractivity contribution < 1.29 is 4.79 Å². The van der Waals surface area contributed by atoms with Crippen LogP contribution in [-0.2, 0) is 0 Å². The van der Waals surface area contributed by atoms with Crippen molar-refractivity contribution in [1.29, 1.82) is 0 Å². The van der Waals surface area contributed by atoms with Crippen molar-refractivity contribution in [2.75, 3.05) is 6.54 Å². The Hall–Kier alpha value is -1.46. The quantitative estimate of drug-likeness (QED) is 0.799. The molecule has 0 aromatic carbocycles. The van der Waals surface area contributed by atoms with Gasteiger partial charge in [-0.2, -0.15) is 11.3 Å². The van der Waals surface area contributed by atoms with Crippen molar-refractivity contribution in [1.82, 2.24) is 10.3 Å². The maximum Gasteiger partial charge on any atom is 0.263 e. The van der Waals surface area contributed by atoms with Crippen LogP contribution in [0, 0.1) is 6.92 Å². The molecular weight excluding hydrogens is 312 g/mol. The van der Waals surface area contributed by atoms with E-state index in [4.69, 9.17) is 0 Å². The third kappa shape index (κ3) is 3.65. The lowest BCUT2D eigenvalue weighted by Crippen LogP contribution is -2.24. The number of thiophene rings is 1. The third-order valence-electron chi connectivity index (χ3n) is 3.89. The van der Waals surface area contributed by atoms with Crippen molar-refractivity contribution in [2.24, 2.45) is 0 Å². The topological polar surface area (TPSA) is 42.0 Å². The maximum absolute atomic E-state index is 12.3. The molecule has 116 valence electrons. The molecule has 2 heterocycles. The molecule has 0 atom stereocenters. The van der Waals surface area contributed by atoms with Crippen LogP contribution in [0.3, 0.4) is 0 Å². The molecule has 0 fully saturated rings. The van der Waals surface area contributed by atoms with Gasteiger partial charge in [0.1, 0.15) is 9.88 Å². The van der Waals surface area contributed by atoms with Gasteiger partial charge in [0, 0.05) is 17.5 Å². The first-order chi connectivity index (χ1) is 10.7. The summed E-state index contributed by atoms with van der Waals surface area (Å²) in [5.74, 6) is 0.00730. The molecule has 0 aliphatic heterocycles. The van der Waals surface area contributed by atoms with Crippen LogP contribution in [0.1, 0.15) is 47.5 Å². The van der Waals surface area contributed by atoms with E-state index in [9.17, 15) is 4.79 Å². The zero-order valence-electron chi connectivity index (χ0n) is 12.7. The molecule has 22 heavy (non-hydrogen) atoms. The Bertz CT molecular complexity index is 671. The zero-order chi connectivity index (χ0) is 15.4. The summed E-state index contributed by atoms with van der Waals surface area (Å²) in [6, 6.07) is 2.04. The van der Waals surface area contributed by atoms with Gasteiger partial charge in [-0.1, -0.05) is 11.6 Å². The molecule has 1 amide bonds. The van der Waals surface area contributed by atoms with Crippen molar-refractivity contribution in [3.05, 3.63) is 39.0 Å². The summed E-state index contributed by atoms with van der Waals surface area (Å²) in [6.07, 6.45) is 8.29. The number of allylic oxidation sites excluding steroid dienone is 1. The first-order valence-electron chi connectivity index (χ1n) is 7.70. The smallest absolute Gasteiger partial charge is 0.263 e. The summed E-state index contributed by atoms with van der Waals surface area (Å²) < 4.78 is 0. The van der Waals surface area contributed by atoms with Crippen LogP contribution in [0.4, 0.5) is 0 Å². The van der Waals surface area contributed by atoms with Crippen molar-refractivity contribution in [2.45, 2.75) is 39.0 Å². The number of nitrogens with one attached hydrogen (secondary N) is 1. The average molecular weight is 332 g/mol. The van der Waals surface area contributed by atoms with Crippen molar-refractivity contribution in [3.8, 4) is 10.6 Å². The number of rotatable bonds is 5. The second kappa shape index (κ2) is 7.20. The van der Waals surface area contributed by atoms with Gasteiger partial charge < -0.3 is 5.32 Å². The second-order valence-corrected chi connectivity index (χ2v) is 7.34. The van der Waals surface area contributed by atoms with E-state index in [1.165, 1.54) is 42.6 Å². The highest BCUT2D eigenvalue weighted by Crippen LogP contribution is 2.29. The molecule has 0 spiro atoms. The van der Waals surface area contributed by atoms with E-state index in [-0.39, 0.29) is 5.91 Å². The minimum atomic E-state index is 0.00730. The summed E-state index contributed by atoms with van der Waals surface area (Å²) in [4.78, 5) is 17.6. The predicted octanol–water partition coefficient (Wildman–Crippen LogP) is 4.80. The lowest BCUT2D eigenvalue weighted by molar-refractivity contribution is 0.0957. The number of hydrogen-bond donors (Lipinski definition) is 1. The SMILES string of the molecule is Cc1nc(-c2ccsc2)sc1C(=O)NCCC1=CCCCC1. The van der Waals surface area contributed by atoms with Gasteiger partial charge in [-0.15, -0.1) is 11.3 Å². The Balaban J connectivity index is 1.59. The second-order valence-electron chi connectivity index (χ2n) is 5.56. The van der Waals surface area contributed by atoms with Gasteiger partial charge in [0.15, 0.2) is 0 Å². The highest BCUT2D eigenvalue weighted by atomic mass is 32.1. The fourth-order valence-corrected chi connectivity index (χ4v) is 4.36. The Morgan fingerprint density at radius 1 is 1.41 bits per heavy atom. The zero-order valence-corrected chi connectivity index (χ0v) is 14.4. The number of carbonyl (C=O) groups excluding carboxylic acids is 1. The van der Waals surface area contributed by atoms with Gasteiger partial charge in [0.25, 0.3) is 5.91 Å². The summed E-state index contributed by atoms with van der Waals surface area (Å²) in [5.41, 5.74) is 3.41. The molecule has 5 heteroatoms. The van der Waals surface area contributed by atoms with Crippen molar-refractivity contribution in [3.63, 3.8) is 0 Å². The Kier molecular flexibility index (Phi) is 5.05. The normalized spacial score (nSPS) is 14.7.